The van der Waals surface area contributed by atoms with Gasteiger partial charge in [0.1, 0.15) is 0 Å². The summed E-state index contributed by atoms with van der Waals surface area (Å²) in [4.78, 5) is 13.0. The van der Waals surface area contributed by atoms with Gasteiger partial charge in [0.15, 0.2) is 0 Å². The van der Waals surface area contributed by atoms with Crippen LogP contribution in [0.15, 0.2) is 17.5 Å². The number of nitrogens with two attached hydrogens (primary N) is 1. The topological polar surface area (TPSA) is 64.4 Å². The zero-order valence-electron chi connectivity index (χ0n) is 10.4. The maximum absolute atomic E-state index is 11.8. The molecule has 1 aliphatic rings. The lowest BCUT2D eigenvalue weighted by atomic mass is 10.0. The van der Waals surface area contributed by atoms with Crippen molar-refractivity contribution >= 4 is 17.2 Å². The standard InChI is InChI=1S/C13H20N2O2S/c14-8-10(12-4-2-6-18-12)7-13(16)15-9-11-3-1-5-17-11/h2,4,6,10-11H,1,3,5,7-9,14H2,(H,15,16). The van der Waals surface area contributed by atoms with Gasteiger partial charge < -0.3 is 15.8 Å². The Hall–Kier alpha value is -0.910. The summed E-state index contributed by atoms with van der Waals surface area (Å²) in [5, 5.41) is 4.95. The number of hydrogen-bond acceptors (Lipinski definition) is 4. The second-order valence-electron chi connectivity index (χ2n) is 4.59. The molecule has 1 aromatic heterocycles. The highest BCUT2D eigenvalue weighted by atomic mass is 32.1. The van der Waals surface area contributed by atoms with Crippen LogP contribution in [0.5, 0.6) is 0 Å². The van der Waals surface area contributed by atoms with E-state index in [1.54, 1.807) is 11.3 Å². The molecule has 2 unspecified atom stereocenters. The third kappa shape index (κ3) is 3.80. The quantitative estimate of drug-likeness (QED) is 0.821. The van der Waals surface area contributed by atoms with Crippen LogP contribution in [-0.4, -0.2) is 31.7 Å². The fourth-order valence-corrected chi connectivity index (χ4v) is 3.00. The molecule has 5 heteroatoms. The second kappa shape index (κ2) is 6.87. The fraction of sp³-hybridized carbons (Fsp3) is 0.615. The number of nitrogens with one attached hydrogen (secondary N) is 1. The van der Waals surface area contributed by atoms with Crippen molar-refractivity contribution in [3.8, 4) is 0 Å². The van der Waals surface area contributed by atoms with E-state index in [1.807, 2.05) is 17.5 Å². The molecule has 0 aromatic carbocycles. The molecule has 100 valence electrons. The Morgan fingerprint density at radius 1 is 1.67 bits per heavy atom. The van der Waals surface area contributed by atoms with Gasteiger partial charge in [-0.1, -0.05) is 6.07 Å². The number of amides is 1. The van der Waals surface area contributed by atoms with E-state index in [1.165, 1.54) is 4.88 Å². The minimum atomic E-state index is 0.0642. The van der Waals surface area contributed by atoms with Crippen LogP contribution >= 0.6 is 11.3 Å². The number of thiophene rings is 1. The molecule has 1 aliphatic heterocycles. The lowest BCUT2D eigenvalue weighted by molar-refractivity contribution is -0.121. The Morgan fingerprint density at radius 2 is 2.56 bits per heavy atom. The minimum absolute atomic E-state index is 0.0642. The van der Waals surface area contributed by atoms with Gasteiger partial charge in [0.2, 0.25) is 5.91 Å². The summed E-state index contributed by atoms with van der Waals surface area (Å²) in [5.74, 6) is 0.198. The number of hydrogen-bond donors (Lipinski definition) is 2. The third-order valence-electron chi connectivity index (χ3n) is 3.21. The Kier molecular flexibility index (Phi) is 5.16. The largest absolute Gasteiger partial charge is 0.376 e. The van der Waals surface area contributed by atoms with Gasteiger partial charge in [-0.25, -0.2) is 0 Å². The van der Waals surface area contributed by atoms with Gasteiger partial charge in [-0.3, -0.25) is 4.79 Å². The van der Waals surface area contributed by atoms with Gasteiger partial charge in [-0.05, 0) is 24.3 Å². The van der Waals surface area contributed by atoms with Gasteiger partial charge in [0, 0.05) is 36.9 Å². The van der Waals surface area contributed by atoms with Crippen LogP contribution in [0.2, 0.25) is 0 Å². The van der Waals surface area contributed by atoms with Crippen LogP contribution in [-0.2, 0) is 9.53 Å². The molecule has 0 radical (unpaired) electrons. The van der Waals surface area contributed by atoms with E-state index in [4.69, 9.17) is 10.5 Å². The van der Waals surface area contributed by atoms with E-state index in [9.17, 15) is 4.79 Å². The summed E-state index contributed by atoms with van der Waals surface area (Å²) in [6, 6.07) is 4.03. The van der Waals surface area contributed by atoms with Crippen LogP contribution in [0.4, 0.5) is 0 Å². The smallest absolute Gasteiger partial charge is 0.220 e. The molecule has 2 heterocycles. The van der Waals surface area contributed by atoms with E-state index in [2.05, 4.69) is 5.32 Å². The van der Waals surface area contributed by atoms with Crippen LogP contribution in [0, 0.1) is 0 Å². The first-order valence-corrected chi connectivity index (χ1v) is 7.29. The molecule has 0 bridgehead atoms. The van der Waals surface area contributed by atoms with Gasteiger partial charge in [0.25, 0.3) is 0 Å². The summed E-state index contributed by atoms with van der Waals surface area (Å²) >= 11 is 1.66. The predicted octanol–water partition coefficient (Wildman–Crippen LogP) is 1.48. The van der Waals surface area contributed by atoms with E-state index in [0.717, 1.165) is 19.4 Å². The van der Waals surface area contributed by atoms with Crippen molar-refractivity contribution in [2.75, 3.05) is 19.7 Å². The van der Waals surface area contributed by atoms with Crippen molar-refractivity contribution in [1.29, 1.82) is 0 Å². The van der Waals surface area contributed by atoms with Gasteiger partial charge in [-0.15, -0.1) is 11.3 Å². The van der Waals surface area contributed by atoms with Crippen LogP contribution < -0.4 is 11.1 Å². The third-order valence-corrected chi connectivity index (χ3v) is 4.25. The molecule has 1 fully saturated rings. The van der Waals surface area contributed by atoms with Crippen molar-refractivity contribution in [3.05, 3.63) is 22.4 Å². The zero-order valence-corrected chi connectivity index (χ0v) is 11.2. The molecule has 1 amide bonds. The Morgan fingerprint density at radius 3 is 3.17 bits per heavy atom. The van der Waals surface area contributed by atoms with E-state index in [0.29, 0.717) is 19.5 Å². The molecule has 0 spiro atoms. The Bertz CT molecular complexity index is 361. The van der Waals surface area contributed by atoms with Gasteiger partial charge >= 0.3 is 0 Å². The van der Waals surface area contributed by atoms with E-state index >= 15 is 0 Å². The van der Waals surface area contributed by atoms with E-state index < -0.39 is 0 Å². The van der Waals surface area contributed by atoms with Gasteiger partial charge in [0.05, 0.1) is 6.10 Å². The van der Waals surface area contributed by atoms with E-state index in [-0.39, 0.29) is 17.9 Å². The van der Waals surface area contributed by atoms with Crippen LogP contribution in [0.3, 0.4) is 0 Å². The Balaban J connectivity index is 1.75. The number of carbonyl (C=O) groups excluding carboxylic acids is 1. The number of carbonyl (C=O) groups is 1. The summed E-state index contributed by atoms with van der Waals surface area (Å²) < 4.78 is 5.47. The molecule has 2 atom stereocenters. The molecule has 0 aliphatic carbocycles. The Labute approximate surface area is 112 Å². The highest BCUT2D eigenvalue weighted by Gasteiger charge is 2.18. The first kappa shape index (κ1) is 13.5. The monoisotopic (exact) mass is 268 g/mol. The maximum atomic E-state index is 11.8. The molecular formula is C13H20N2O2S. The molecule has 3 N–H and O–H groups in total. The lowest BCUT2D eigenvalue weighted by Crippen LogP contribution is -2.33. The highest BCUT2D eigenvalue weighted by molar-refractivity contribution is 7.10. The fourth-order valence-electron chi connectivity index (χ4n) is 2.15. The van der Waals surface area contributed by atoms with Crippen molar-refractivity contribution in [2.24, 2.45) is 5.73 Å². The second-order valence-corrected chi connectivity index (χ2v) is 5.57. The average Bonchev–Trinajstić information content (AvgIpc) is 3.05. The lowest BCUT2D eigenvalue weighted by Gasteiger charge is -2.14. The van der Waals surface area contributed by atoms with Crippen molar-refractivity contribution in [1.82, 2.24) is 5.32 Å². The highest BCUT2D eigenvalue weighted by Crippen LogP contribution is 2.23. The molecule has 18 heavy (non-hydrogen) atoms. The molecule has 1 saturated heterocycles. The van der Waals surface area contributed by atoms with Gasteiger partial charge in [-0.2, -0.15) is 0 Å². The molecule has 4 nitrogen and oxygen atoms in total. The molecule has 1 aromatic rings. The van der Waals surface area contributed by atoms with Crippen LogP contribution in [0.25, 0.3) is 0 Å². The molecule has 0 saturated carbocycles. The van der Waals surface area contributed by atoms with Crippen molar-refractivity contribution in [3.63, 3.8) is 0 Å². The molecule has 2 rings (SSSR count). The number of ether oxygens (including phenoxy) is 1. The van der Waals surface area contributed by atoms with Crippen LogP contribution in [0.1, 0.15) is 30.1 Å². The normalized spacial score (nSPS) is 20.8. The summed E-state index contributed by atoms with van der Waals surface area (Å²) in [7, 11) is 0. The summed E-state index contributed by atoms with van der Waals surface area (Å²) in [5.41, 5.74) is 5.73. The zero-order chi connectivity index (χ0) is 12.8. The number of rotatable bonds is 6. The van der Waals surface area contributed by atoms with Crippen molar-refractivity contribution < 1.29 is 9.53 Å². The van der Waals surface area contributed by atoms with Crippen molar-refractivity contribution in [2.45, 2.75) is 31.3 Å². The molecular weight excluding hydrogens is 248 g/mol. The summed E-state index contributed by atoms with van der Waals surface area (Å²) in [6.07, 6.45) is 2.81. The average molecular weight is 268 g/mol. The summed E-state index contributed by atoms with van der Waals surface area (Å²) in [6.45, 7) is 1.95. The first-order valence-electron chi connectivity index (χ1n) is 6.41. The maximum Gasteiger partial charge on any atom is 0.220 e. The SMILES string of the molecule is NCC(CC(=O)NCC1CCCO1)c1cccs1. The first-order chi connectivity index (χ1) is 8.79. The minimum Gasteiger partial charge on any atom is -0.376 e. The predicted molar refractivity (Wildman–Crippen MR) is 72.7 cm³/mol.